The zero-order valence-corrected chi connectivity index (χ0v) is 22.8. The molecular formula is C28H42N2O5S. The van der Waals surface area contributed by atoms with Crippen LogP contribution in [0.4, 0.5) is 0 Å². The van der Waals surface area contributed by atoms with E-state index in [1.54, 1.807) is 16.7 Å². The van der Waals surface area contributed by atoms with Gasteiger partial charge in [-0.15, -0.1) is 11.8 Å². The molecule has 1 unspecified atom stereocenters. The first kappa shape index (κ1) is 27.2. The summed E-state index contributed by atoms with van der Waals surface area (Å²) in [7, 11) is 0. The maximum atomic E-state index is 14.3. The molecule has 0 aromatic carbocycles. The molecular weight excluding hydrogens is 476 g/mol. The molecule has 0 radical (unpaired) electrons. The van der Waals surface area contributed by atoms with Gasteiger partial charge in [0, 0.05) is 18.3 Å². The molecule has 1 spiro atoms. The number of hydrogen-bond donors (Lipinski definition) is 1. The van der Waals surface area contributed by atoms with Crippen LogP contribution in [0, 0.1) is 17.8 Å². The predicted octanol–water partition coefficient (Wildman–Crippen LogP) is 3.56. The van der Waals surface area contributed by atoms with Crippen LogP contribution in [-0.4, -0.2) is 81.1 Å². The van der Waals surface area contributed by atoms with Crippen molar-refractivity contribution in [3.63, 3.8) is 0 Å². The summed E-state index contributed by atoms with van der Waals surface area (Å²) in [5.74, 6) is -1.94. The van der Waals surface area contributed by atoms with Gasteiger partial charge in [0.2, 0.25) is 11.8 Å². The van der Waals surface area contributed by atoms with E-state index < -0.39 is 28.7 Å². The van der Waals surface area contributed by atoms with Crippen molar-refractivity contribution >= 4 is 29.5 Å². The van der Waals surface area contributed by atoms with E-state index in [1.807, 2.05) is 30.9 Å². The van der Waals surface area contributed by atoms with Gasteiger partial charge in [0.15, 0.2) is 0 Å². The molecule has 4 aliphatic rings. The molecule has 7 nitrogen and oxygen atoms in total. The second-order valence-corrected chi connectivity index (χ2v) is 12.2. The lowest BCUT2D eigenvalue weighted by Gasteiger charge is -2.40. The molecule has 4 heterocycles. The highest BCUT2D eigenvalue weighted by Crippen LogP contribution is 2.61. The Morgan fingerprint density at radius 2 is 1.97 bits per heavy atom. The molecule has 2 saturated heterocycles. The molecule has 4 rings (SSSR count). The number of thioether (sulfide) groups is 1. The van der Waals surface area contributed by atoms with Gasteiger partial charge in [-0.25, -0.2) is 0 Å². The van der Waals surface area contributed by atoms with E-state index in [4.69, 9.17) is 4.74 Å². The monoisotopic (exact) mass is 518 g/mol. The van der Waals surface area contributed by atoms with Crippen LogP contribution in [0.15, 0.2) is 24.3 Å². The van der Waals surface area contributed by atoms with Gasteiger partial charge in [-0.3, -0.25) is 14.4 Å². The first-order valence-electron chi connectivity index (χ1n) is 13.8. The van der Waals surface area contributed by atoms with Gasteiger partial charge in [-0.2, -0.15) is 0 Å². The van der Waals surface area contributed by atoms with Crippen molar-refractivity contribution < 1.29 is 24.2 Å². The van der Waals surface area contributed by atoms with Crippen LogP contribution in [0.1, 0.15) is 65.7 Å². The summed E-state index contributed by atoms with van der Waals surface area (Å²) in [6.07, 6.45) is 14.7. The first-order chi connectivity index (χ1) is 17.4. The minimum Gasteiger partial charge on any atom is -0.465 e. The van der Waals surface area contributed by atoms with Crippen molar-refractivity contribution in [3.8, 4) is 0 Å². The topological polar surface area (TPSA) is 87.2 Å². The van der Waals surface area contributed by atoms with Crippen molar-refractivity contribution in [2.75, 3.05) is 26.3 Å². The summed E-state index contributed by atoms with van der Waals surface area (Å²) >= 11 is 1.58. The van der Waals surface area contributed by atoms with Crippen molar-refractivity contribution in [3.05, 3.63) is 24.3 Å². The number of carbonyl (C=O) groups excluding carboxylic acids is 3. The summed E-state index contributed by atoms with van der Waals surface area (Å²) in [5, 5.41) is 10.2. The number of rotatable bonds is 8. The normalized spacial score (nSPS) is 34.9. The third-order valence-corrected chi connectivity index (χ3v) is 10.2. The van der Waals surface area contributed by atoms with Gasteiger partial charge in [-0.1, -0.05) is 64.3 Å². The Bertz CT molecular complexity index is 891. The Morgan fingerprint density at radius 3 is 2.69 bits per heavy atom. The fraction of sp³-hybridized carbons (Fsp3) is 0.750. The number of likely N-dealkylation sites (tertiary alicyclic amines) is 1. The smallest absolute Gasteiger partial charge is 0.311 e. The van der Waals surface area contributed by atoms with E-state index in [2.05, 4.69) is 19.1 Å². The fourth-order valence-corrected chi connectivity index (χ4v) is 8.32. The Balaban J connectivity index is 1.80. The lowest BCUT2D eigenvalue weighted by molar-refractivity contribution is -0.154. The number of aliphatic hydroxyl groups is 1. The van der Waals surface area contributed by atoms with Crippen LogP contribution < -0.4 is 0 Å². The van der Waals surface area contributed by atoms with Crippen molar-refractivity contribution in [2.45, 2.75) is 87.8 Å². The third-order valence-electron chi connectivity index (χ3n) is 8.50. The summed E-state index contributed by atoms with van der Waals surface area (Å²) in [6.45, 7) is 7.47. The van der Waals surface area contributed by atoms with E-state index >= 15 is 0 Å². The number of esters is 1. The second kappa shape index (κ2) is 11.7. The maximum Gasteiger partial charge on any atom is 0.311 e. The lowest BCUT2D eigenvalue weighted by atomic mass is 9.78. The number of fused-ring (bicyclic) bond motifs is 2. The quantitative estimate of drug-likeness (QED) is 0.300. The second-order valence-electron chi connectivity index (χ2n) is 10.7. The molecule has 0 bridgehead atoms. The zero-order chi connectivity index (χ0) is 25.9. The van der Waals surface area contributed by atoms with Gasteiger partial charge >= 0.3 is 5.97 Å². The molecule has 0 aromatic rings. The minimum atomic E-state index is -0.860. The lowest BCUT2D eigenvalue weighted by Crippen LogP contribution is -2.57. The SMILES string of the molecule is CCCCCN1CC=C[C@]23S[C@@H]4/C=C\CCCCOC(=O)[C@@H]4[C@H]2C(=O)N([C@@H](CO)[C@@H](C)CC)C3C1=O. The molecule has 200 valence electrons. The van der Waals surface area contributed by atoms with Crippen molar-refractivity contribution in [1.29, 1.82) is 0 Å². The van der Waals surface area contributed by atoms with Crippen LogP contribution in [0.25, 0.3) is 0 Å². The Morgan fingerprint density at radius 1 is 1.17 bits per heavy atom. The number of carbonyl (C=O) groups is 3. The van der Waals surface area contributed by atoms with Crippen LogP contribution in [0.3, 0.4) is 0 Å². The molecule has 7 atom stereocenters. The fourth-order valence-electron chi connectivity index (χ4n) is 6.33. The van der Waals surface area contributed by atoms with Crippen LogP contribution in [0.5, 0.6) is 0 Å². The van der Waals surface area contributed by atoms with E-state index in [1.165, 1.54) is 0 Å². The molecule has 0 aliphatic carbocycles. The van der Waals surface area contributed by atoms with Gasteiger partial charge in [0.1, 0.15) is 6.04 Å². The summed E-state index contributed by atoms with van der Waals surface area (Å²) in [4.78, 5) is 45.5. The van der Waals surface area contributed by atoms with Crippen LogP contribution in [-0.2, 0) is 19.1 Å². The van der Waals surface area contributed by atoms with E-state index in [-0.39, 0.29) is 35.6 Å². The summed E-state index contributed by atoms with van der Waals surface area (Å²) in [5.41, 5.74) is 0. The highest BCUT2D eigenvalue weighted by Gasteiger charge is 2.71. The van der Waals surface area contributed by atoms with E-state index in [9.17, 15) is 19.5 Å². The molecule has 8 heteroatoms. The zero-order valence-electron chi connectivity index (χ0n) is 21.9. The summed E-state index contributed by atoms with van der Waals surface area (Å²) in [6, 6.07) is -1.22. The molecule has 0 saturated carbocycles. The molecule has 36 heavy (non-hydrogen) atoms. The number of cyclic esters (lactones) is 1. The van der Waals surface area contributed by atoms with Gasteiger partial charge in [-0.05, 0) is 31.6 Å². The first-order valence-corrected chi connectivity index (χ1v) is 14.7. The van der Waals surface area contributed by atoms with E-state index in [0.29, 0.717) is 19.7 Å². The Hall–Kier alpha value is -1.80. The van der Waals surface area contributed by atoms with Crippen LogP contribution in [0.2, 0.25) is 0 Å². The minimum absolute atomic E-state index is 0.0140. The number of allylic oxidation sites excluding steroid dienone is 1. The molecule has 4 aliphatic heterocycles. The Kier molecular flexibility index (Phi) is 8.87. The van der Waals surface area contributed by atoms with Gasteiger partial charge in [0.25, 0.3) is 0 Å². The number of nitrogens with zero attached hydrogens (tertiary/aromatic N) is 2. The van der Waals surface area contributed by atoms with E-state index in [0.717, 1.165) is 44.9 Å². The average molecular weight is 519 g/mol. The standard InChI is InChI=1S/C28H42N2O5S/c1-4-6-10-15-29-16-12-14-28-23(22-21(36-28)13-9-7-8-11-17-35-27(22)34)25(32)30(24(28)26(29)33)20(18-31)19(3)5-2/h9,12-14,19-24,31H,4-8,10-11,15-18H2,1-3H3/b13-9-/t19-,20-,21+,22-,23-,24?,28-/m0/s1. The Labute approximate surface area is 219 Å². The number of aliphatic hydroxyl groups excluding tert-OH is 1. The molecule has 2 fully saturated rings. The average Bonchev–Trinajstić information content (AvgIpc) is 3.26. The maximum absolute atomic E-state index is 14.3. The highest BCUT2D eigenvalue weighted by atomic mass is 32.2. The largest absolute Gasteiger partial charge is 0.465 e. The summed E-state index contributed by atoms with van der Waals surface area (Å²) < 4.78 is 4.82. The van der Waals surface area contributed by atoms with Crippen molar-refractivity contribution in [1.82, 2.24) is 9.80 Å². The molecule has 1 N–H and O–H groups in total. The number of amides is 2. The number of ether oxygens (including phenoxy) is 1. The third kappa shape index (κ3) is 4.75. The van der Waals surface area contributed by atoms with Crippen molar-refractivity contribution in [2.24, 2.45) is 17.8 Å². The predicted molar refractivity (Wildman–Crippen MR) is 141 cm³/mol. The van der Waals surface area contributed by atoms with Gasteiger partial charge in [0.05, 0.1) is 35.8 Å². The van der Waals surface area contributed by atoms with Gasteiger partial charge < -0.3 is 19.6 Å². The number of hydrogen-bond acceptors (Lipinski definition) is 6. The highest BCUT2D eigenvalue weighted by molar-refractivity contribution is 8.02. The van der Waals surface area contributed by atoms with Crippen LogP contribution >= 0.6 is 11.8 Å². The number of unbranched alkanes of at least 4 members (excludes halogenated alkanes) is 2. The molecule has 0 aromatic heterocycles. The molecule has 2 amide bonds.